The average Bonchev–Trinajstić information content (AvgIpc) is 3.01. The Morgan fingerprint density at radius 2 is 2.14 bits per heavy atom. The molecule has 2 saturated carbocycles. The van der Waals surface area contributed by atoms with Crippen molar-refractivity contribution in [3.05, 3.63) is 0 Å². The smallest absolute Gasteiger partial charge is 0.318 e. The third kappa shape index (κ3) is 2.08. The van der Waals surface area contributed by atoms with Gasteiger partial charge in [-0.25, -0.2) is 0 Å². The van der Waals surface area contributed by atoms with Crippen LogP contribution in [0.5, 0.6) is 0 Å². The second kappa shape index (κ2) is 5.16. The second-order valence-corrected chi connectivity index (χ2v) is 9.09. The van der Waals surface area contributed by atoms with Gasteiger partial charge in [0, 0.05) is 0 Å². The minimum Gasteiger partial charge on any atom is -0.468 e. The van der Waals surface area contributed by atoms with Gasteiger partial charge >= 0.3 is 5.97 Å². The van der Waals surface area contributed by atoms with Crippen LogP contribution in [0, 0.1) is 22.7 Å². The van der Waals surface area contributed by atoms with Crippen molar-refractivity contribution in [1.82, 2.24) is 0 Å². The molecule has 3 fully saturated rings. The molecule has 2 bridgehead atoms. The molecule has 21 heavy (non-hydrogen) atoms. The van der Waals surface area contributed by atoms with Crippen LogP contribution in [0.25, 0.3) is 0 Å². The number of thioether (sulfide) groups is 1. The highest BCUT2D eigenvalue weighted by atomic mass is 32.2. The average molecular weight is 312 g/mol. The van der Waals surface area contributed by atoms with Gasteiger partial charge in [-0.3, -0.25) is 4.79 Å². The van der Waals surface area contributed by atoms with Crippen LogP contribution in [0.3, 0.4) is 0 Å². The predicted molar refractivity (Wildman–Crippen MR) is 85.1 cm³/mol. The van der Waals surface area contributed by atoms with E-state index in [1.54, 1.807) is 11.8 Å². The highest BCUT2D eigenvalue weighted by molar-refractivity contribution is 8.01. The van der Waals surface area contributed by atoms with Gasteiger partial charge in [0.15, 0.2) is 0 Å². The summed E-state index contributed by atoms with van der Waals surface area (Å²) in [5.41, 5.74) is 0.870. The van der Waals surface area contributed by atoms with Crippen LogP contribution in [0.2, 0.25) is 0 Å². The van der Waals surface area contributed by atoms with Crippen LogP contribution >= 0.6 is 11.8 Å². The van der Waals surface area contributed by atoms with E-state index in [-0.39, 0.29) is 16.7 Å². The maximum Gasteiger partial charge on any atom is 0.318 e. The van der Waals surface area contributed by atoms with E-state index in [9.17, 15) is 4.79 Å². The summed E-state index contributed by atoms with van der Waals surface area (Å²) in [6, 6.07) is 0. The van der Waals surface area contributed by atoms with E-state index in [4.69, 9.17) is 9.47 Å². The van der Waals surface area contributed by atoms with Gasteiger partial charge in [-0.1, -0.05) is 27.7 Å². The fraction of sp³-hybridized carbons (Fsp3) is 0.941. The summed E-state index contributed by atoms with van der Waals surface area (Å²) in [4.78, 5) is 11.8. The van der Waals surface area contributed by atoms with Crippen molar-refractivity contribution in [3.8, 4) is 0 Å². The zero-order chi connectivity index (χ0) is 15.4. The molecule has 120 valence electrons. The molecule has 0 amide bonds. The Labute approximate surface area is 132 Å². The van der Waals surface area contributed by atoms with Crippen molar-refractivity contribution in [2.45, 2.75) is 70.2 Å². The Hall–Kier alpha value is -0.220. The molecular weight excluding hydrogens is 284 g/mol. The second-order valence-electron chi connectivity index (χ2n) is 7.73. The summed E-state index contributed by atoms with van der Waals surface area (Å²) in [6.07, 6.45) is 4.93. The van der Waals surface area contributed by atoms with E-state index >= 15 is 0 Å². The van der Waals surface area contributed by atoms with Gasteiger partial charge in [0.05, 0.1) is 13.2 Å². The van der Waals surface area contributed by atoms with Crippen molar-refractivity contribution in [1.29, 1.82) is 0 Å². The summed E-state index contributed by atoms with van der Waals surface area (Å²) in [5, 5.41) is -0.0858. The van der Waals surface area contributed by atoms with Gasteiger partial charge in [-0.15, -0.1) is 11.8 Å². The van der Waals surface area contributed by atoms with E-state index in [0.717, 1.165) is 18.8 Å². The van der Waals surface area contributed by atoms with Crippen molar-refractivity contribution < 1.29 is 14.3 Å². The number of hydrogen-bond acceptors (Lipinski definition) is 4. The summed E-state index contributed by atoms with van der Waals surface area (Å²) < 4.78 is 11.3. The molecule has 1 heterocycles. The van der Waals surface area contributed by atoms with E-state index in [1.165, 1.54) is 20.0 Å². The maximum absolute atomic E-state index is 11.8. The molecular formula is C17H28O3S. The number of ether oxygens (including phenoxy) is 2. The van der Waals surface area contributed by atoms with Crippen molar-refractivity contribution in [3.63, 3.8) is 0 Å². The van der Waals surface area contributed by atoms with Crippen molar-refractivity contribution in [2.24, 2.45) is 22.7 Å². The lowest BCUT2D eigenvalue weighted by molar-refractivity contribution is -0.140. The number of carbonyl (C=O) groups excluding carboxylic acids is 1. The first kappa shape index (κ1) is 15.7. The molecule has 0 aromatic carbocycles. The molecule has 3 aliphatic rings. The number of fused-ring (bicyclic) bond motifs is 5. The molecule has 0 unspecified atom stereocenters. The number of esters is 1. The summed E-state index contributed by atoms with van der Waals surface area (Å²) in [6.45, 7) is 9.32. The quantitative estimate of drug-likeness (QED) is 0.739. The van der Waals surface area contributed by atoms with Crippen LogP contribution in [0.15, 0.2) is 0 Å². The fourth-order valence-corrected chi connectivity index (χ4v) is 6.49. The van der Waals surface area contributed by atoms with E-state index in [0.29, 0.717) is 22.9 Å². The van der Waals surface area contributed by atoms with E-state index < -0.39 is 0 Å². The lowest BCUT2D eigenvalue weighted by Gasteiger charge is -2.38. The van der Waals surface area contributed by atoms with Gasteiger partial charge in [0.2, 0.25) is 0 Å². The molecule has 0 spiro atoms. The van der Waals surface area contributed by atoms with Gasteiger partial charge < -0.3 is 9.47 Å². The van der Waals surface area contributed by atoms with E-state index in [2.05, 4.69) is 20.8 Å². The number of hydrogen-bond donors (Lipinski definition) is 0. The van der Waals surface area contributed by atoms with Crippen LogP contribution in [0.4, 0.5) is 0 Å². The third-order valence-electron chi connectivity index (χ3n) is 6.82. The monoisotopic (exact) mass is 312 g/mol. The van der Waals surface area contributed by atoms with Crippen molar-refractivity contribution >= 4 is 17.7 Å². The molecule has 1 aliphatic heterocycles. The molecule has 0 N–H and O–H groups in total. The van der Waals surface area contributed by atoms with Gasteiger partial charge in [0.1, 0.15) is 10.7 Å². The minimum atomic E-state index is -0.113. The van der Waals surface area contributed by atoms with Gasteiger partial charge in [0.25, 0.3) is 0 Å². The maximum atomic E-state index is 11.8. The van der Waals surface area contributed by atoms with Crippen LogP contribution < -0.4 is 0 Å². The lowest BCUT2D eigenvalue weighted by Crippen LogP contribution is -2.37. The molecule has 3 rings (SSSR count). The zero-order valence-electron chi connectivity index (χ0n) is 13.8. The summed E-state index contributed by atoms with van der Waals surface area (Å²) in [5.74, 6) is 1.36. The Bertz CT molecular complexity index is 436. The molecule has 3 nitrogen and oxygen atoms in total. The van der Waals surface area contributed by atoms with Crippen LogP contribution in [0.1, 0.15) is 53.4 Å². The molecule has 4 heteroatoms. The van der Waals surface area contributed by atoms with E-state index in [1.807, 2.05) is 6.92 Å². The SMILES string of the molecule is CC[C@@H](S[C@@H]1C[C@H]2[C@H]3CC[C@@](C)([C@H]2O1)C3(C)C)C(=O)OC. The Morgan fingerprint density at radius 3 is 2.71 bits per heavy atom. The molecule has 2 aliphatic carbocycles. The molecule has 0 radical (unpaired) electrons. The minimum absolute atomic E-state index is 0.0858. The largest absolute Gasteiger partial charge is 0.468 e. The molecule has 0 aromatic heterocycles. The number of methoxy groups -OCH3 is 1. The van der Waals surface area contributed by atoms with Crippen LogP contribution in [-0.2, 0) is 14.3 Å². The highest BCUT2D eigenvalue weighted by Gasteiger charge is 2.69. The standard InChI is InChI=1S/C17H28O3S/c1-6-12(15(18)19-5)21-13-9-10-11-7-8-17(4,14(10)20-13)16(11,2)3/h10-14H,6-9H2,1-5H3/t10-,11+,12+,13+,14-,17-/m0/s1. The third-order valence-corrected chi connectivity index (χ3v) is 8.28. The first-order valence-corrected chi connectivity index (χ1v) is 9.18. The first-order chi connectivity index (χ1) is 9.85. The van der Waals surface area contributed by atoms with Crippen molar-refractivity contribution in [2.75, 3.05) is 7.11 Å². The lowest BCUT2D eigenvalue weighted by atomic mass is 9.70. The molecule has 1 saturated heterocycles. The zero-order valence-corrected chi connectivity index (χ0v) is 14.7. The fourth-order valence-electron chi connectivity index (χ4n) is 5.20. The number of carbonyl (C=O) groups is 1. The summed E-state index contributed by atoms with van der Waals surface area (Å²) >= 11 is 1.68. The van der Waals surface area contributed by atoms with Crippen LogP contribution in [-0.4, -0.2) is 29.9 Å². The highest BCUT2D eigenvalue weighted by Crippen LogP contribution is 2.71. The Balaban J connectivity index is 1.70. The topological polar surface area (TPSA) is 35.5 Å². The summed E-state index contributed by atoms with van der Waals surface area (Å²) in [7, 11) is 1.47. The Morgan fingerprint density at radius 1 is 1.43 bits per heavy atom. The van der Waals surface area contributed by atoms with Gasteiger partial charge in [-0.05, 0) is 48.3 Å². The molecule has 0 aromatic rings. The molecule has 6 atom stereocenters. The number of rotatable bonds is 4. The Kier molecular flexibility index (Phi) is 3.85. The van der Waals surface area contributed by atoms with Gasteiger partial charge in [-0.2, -0.15) is 0 Å². The normalized spacial score (nSPS) is 44.6. The first-order valence-electron chi connectivity index (χ1n) is 8.24. The predicted octanol–water partition coefficient (Wildman–Crippen LogP) is 3.86.